The van der Waals surface area contributed by atoms with Crippen molar-refractivity contribution in [3.8, 4) is 39.7 Å². The molecule has 0 saturated heterocycles. The quantitative estimate of drug-likeness (QED) is 0.289. The lowest BCUT2D eigenvalue weighted by Crippen LogP contribution is -2.04. The van der Waals surface area contributed by atoms with Crippen molar-refractivity contribution < 1.29 is 0 Å². The Morgan fingerprint density at radius 1 is 0.528 bits per heavy atom. The lowest BCUT2D eigenvalue weighted by molar-refractivity contribution is 1.08. The van der Waals surface area contributed by atoms with Gasteiger partial charge < -0.3 is 4.98 Å². The topological polar surface area (TPSA) is 46.5 Å². The normalized spacial score (nSPS) is 11.3. The molecule has 7 aromatic rings. The highest BCUT2D eigenvalue weighted by Gasteiger charge is 2.22. The van der Waals surface area contributed by atoms with Gasteiger partial charge in [0, 0.05) is 38.7 Å². The van der Waals surface area contributed by atoms with E-state index in [1.54, 1.807) is 0 Å². The van der Waals surface area contributed by atoms with E-state index in [4.69, 9.17) is 10.2 Å². The van der Waals surface area contributed by atoms with E-state index < -0.39 is 0 Å². The zero-order valence-electron chi connectivity index (χ0n) is 19.5. The fraction of sp³-hybridized carbons (Fsp3) is 0. The highest BCUT2D eigenvalue weighted by molar-refractivity contribution is 6.00. The van der Waals surface area contributed by atoms with E-state index in [1.165, 1.54) is 10.8 Å². The van der Waals surface area contributed by atoms with Gasteiger partial charge in [-0.2, -0.15) is 0 Å². The summed E-state index contributed by atoms with van der Waals surface area (Å²) in [4.78, 5) is 3.64. The monoisotopic (exact) mass is 462 g/mol. The Morgan fingerprint density at radius 2 is 1.11 bits per heavy atom. The first-order chi connectivity index (χ1) is 17.9. The van der Waals surface area contributed by atoms with Gasteiger partial charge in [-0.05, 0) is 17.5 Å². The maximum atomic E-state index is 4.73. The maximum Gasteiger partial charge on any atom is 0.168 e. The van der Waals surface area contributed by atoms with Crippen LogP contribution in [0.25, 0.3) is 61.4 Å². The minimum absolute atomic E-state index is 0.808. The van der Waals surface area contributed by atoms with Crippen LogP contribution in [0, 0.1) is 0 Å². The van der Waals surface area contributed by atoms with E-state index in [0.717, 1.165) is 50.6 Å². The van der Waals surface area contributed by atoms with Crippen LogP contribution >= 0.6 is 0 Å². The van der Waals surface area contributed by atoms with Crippen LogP contribution in [0.15, 0.2) is 127 Å². The van der Waals surface area contributed by atoms with Crippen LogP contribution in [-0.4, -0.2) is 19.7 Å². The number of aromatic nitrogens is 4. The maximum absolute atomic E-state index is 4.73. The first-order valence-electron chi connectivity index (χ1n) is 12.0. The molecule has 1 N–H and O–H groups in total. The smallest absolute Gasteiger partial charge is 0.168 e. The van der Waals surface area contributed by atoms with Crippen molar-refractivity contribution in [1.82, 2.24) is 19.7 Å². The van der Waals surface area contributed by atoms with Gasteiger partial charge in [0.25, 0.3) is 0 Å². The number of nitrogens with one attached hydrogen (secondary N) is 1. The van der Waals surface area contributed by atoms with Gasteiger partial charge in [-0.1, -0.05) is 115 Å². The van der Waals surface area contributed by atoms with Gasteiger partial charge in [0.15, 0.2) is 11.6 Å². The molecule has 0 fully saturated rings. The third-order valence-electron chi connectivity index (χ3n) is 6.67. The van der Waals surface area contributed by atoms with Gasteiger partial charge in [-0.25, -0.2) is 0 Å². The summed E-state index contributed by atoms with van der Waals surface area (Å²) in [5.74, 6) is 1.62. The largest absolute Gasteiger partial charge is 0.354 e. The Kier molecular flexibility index (Phi) is 4.74. The van der Waals surface area contributed by atoms with E-state index in [2.05, 4.69) is 101 Å². The molecule has 0 spiro atoms. The van der Waals surface area contributed by atoms with Crippen molar-refractivity contribution in [2.24, 2.45) is 0 Å². The lowest BCUT2D eigenvalue weighted by Gasteiger charge is -2.18. The van der Waals surface area contributed by atoms with Crippen molar-refractivity contribution in [1.29, 1.82) is 0 Å². The Bertz CT molecular complexity index is 1740. The van der Waals surface area contributed by atoms with E-state index in [1.807, 2.05) is 36.4 Å². The molecule has 0 amide bonds. The molecule has 0 bridgehead atoms. The molecule has 0 saturated carbocycles. The first-order valence-corrected chi connectivity index (χ1v) is 12.0. The van der Waals surface area contributed by atoms with Crippen LogP contribution < -0.4 is 0 Å². The molecule has 2 aromatic heterocycles. The SMILES string of the molecule is c1ccc(-c2nnc(-c3ccccc3)n2-c2c(-c3cc4ccccc4[nH]3)ccc3ccccc23)cc1. The Balaban J connectivity index is 1.61. The van der Waals surface area contributed by atoms with Gasteiger partial charge in [0.1, 0.15) is 0 Å². The Labute approximate surface area is 208 Å². The average Bonchev–Trinajstić information content (AvgIpc) is 3.58. The molecule has 0 aliphatic heterocycles. The van der Waals surface area contributed by atoms with Gasteiger partial charge in [-0.3, -0.25) is 4.57 Å². The van der Waals surface area contributed by atoms with Crippen LogP contribution in [0.1, 0.15) is 0 Å². The number of aromatic amines is 1. The summed E-state index contributed by atoms with van der Waals surface area (Å²) >= 11 is 0. The second kappa shape index (κ2) is 8.36. The molecule has 2 heterocycles. The molecule has 5 aromatic carbocycles. The summed E-state index contributed by atoms with van der Waals surface area (Å²) < 4.78 is 2.22. The fourth-order valence-electron chi connectivity index (χ4n) is 4.98. The molecule has 0 radical (unpaired) electrons. The van der Waals surface area contributed by atoms with Crippen molar-refractivity contribution >= 4 is 21.7 Å². The summed E-state index contributed by atoms with van der Waals surface area (Å²) in [5.41, 5.74) is 6.36. The number of hydrogen-bond acceptors (Lipinski definition) is 2. The number of nitrogens with zero attached hydrogens (tertiary/aromatic N) is 3. The second-order valence-corrected chi connectivity index (χ2v) is 8.87. The molecule has 0 unspecified atom stereocenters. The van der Waals surface area contributed by atoms with Crippen molar-refractivity contribution in [2.45, 2.75) is 0 Å². The highest BCUT2D eigenvalue weighted by Crippen LogP contribution is 2.39. The molecule has 4 heteroatoms. The van der Waals surface area contributed by atoms with E-state index in [0.29, 0.717) is 0 Å². The molecular formula is C32H22N4. The lowest BCUT2D eigenvalue weighted by atomic mass is 10.0. The van der Waals surface area contributed by atoms with Crippen molar-refractivity contribution in [3.05, 3.63) is 127 Å². The molecule has 0 atom stereocenters. The molecule has 7 rings (SSSR count). The van der Waals surface area contributed by atoms with Gasteiger partial charge in [0.2, 0.25) is 0 Å². The predicted octanol–water partition coefficient (Wildman–Crippen LogP) is 7.90. The molecule has 36 heavy (non-hydrogen) atoms. The predicted molar refractivity (Wildman–Crippen MR) is 147 cm³/mol. The van der Waals surface area contributed by atoms with Crippen LogP contribution in [0.4, 0.5) is 0 Å². The molecular weight excluding hydrogens is 440 g/mol. The van der Waals surface area contributed by atoms with Gasteiger partial charge >= 0.3 is 0 Å². The van der Waals surface area contributed by atoms with Gasteiger partial charge in [-0.15, -0.1) is 10.2 Å². The second-order valence-electron chi connectivity index (χ2n) is 8.87. The number of H-pyrrole nitrogens is 1. The summed E-state index contributed by atoms with van der Waals surface area (Å²) in [5, 5.41) is 12.9. The molecule has 0 aliphatic rings. The number of hydrogen-bond donors (Lipinski definition) is 1. The number of fused-ring (bicyclic) bond motifs is 2. The number of para-hydroxylation sites is 1. The summed E-state index contributed by atoms with van der Waals surface area (Å²) in [6, 6.07) is 44.1. The molecule has 0 aliphatic carbocycles. The van der Waals surface area contributed by atoms with Crippen LogP contribution in [-0.2, 0) is 0 Å². The number of benzene rings is 5. The van der Waals surface area contributed by atoms with Gasteiger partial charge in [0.05, 0.1) is 5.69 Å². The van der Waals surface area contributed by atoms with Crippen LogP contribution in [0.3, 0.4) is 0 Å². The third-order valence-corrected chi connectivity index (χ3v) is 6.67. The first kappa shape index (κ1) is 20.4. The van der Waals surface area contributed by atoms with Crippen LogP contribution in [0.5, 0.6) is 0 Å². The average molecular weight is 463 g/mol. The molecule has 170 valence electrons. The van der Waals surface area contributed by atoms with Crippen LogP contribution in [0.2, 0.25) is 0 Å². The standard InChI is InChI=1S/C32H22N4/c1-3-12-23(13-4-1)31-34-35-32(24-14-5-2-6-15-24)36(31)30-26-17-9-7-11-22(26)19-20-27(30)29-21-25-16-8-10-18-28(25)33-29/h1-21,33H. The fourth-order valence-corrected chi connectivity index (χ4v) is 4.98. The zero-order chi connectivity index (χ0) is 23.9. The Hall–Kier alpha value is -4.96. The third kappa shape index (κ3) is 3.31. The minimum Gasteiger partial charge on any atom is -0.354 e. The summed E-state index contributed by atoms with van der Waals surface area (Å²) in [6.07, 6.45) is 0. The Morgan fingerprint density at radius 3 is 1.78 bits per heavy atom. The van der Waals surface area contributed by atoms with E-state index in [-0.39, 0.29) is 0 Å². The van der Waals surface area contributed by atoms with E-state index >= 15 is 0 Å². The van der Waals surface area contributed by atoms with Crippen molar-refractivity contribution in [2.75, 3.05) is 0 Å². The minimum atomic E-state index is 0.808. The molecule has 4 nitrogen and oxygen atoms in total. The highest BCUT2D eigenvalue weighted by atomic mass is 15.3. The summed E-state index contributed by atoms with van der Waals surface area (Å²) in [7, 11) is 0. The van der Waals surface area contributed by atoms with E-state index in [9.17, 15) is 0 Å². The zero-order valence-corrected chi connectivity index (χ0v) is 19.5. The number of rotatable bonds is 4. The van der Waals surface area contributed by atoms with Crippen molar-refractivity contribution in [3.63, 3.8) is 0 Å². The summed E-state index contributed by atoms with van der Waals surface area (Å²) in [6.45, 7) is 0.